The van der Waals surface area contributed by atoms with Gasteiger partial charge in [0, 0.05) is 67.7 Å². The van der Waals surface area contributed by atoms with E-state index in [1.54, 1.807) is 13.3 Å². The maximum Gasteiger partial charge on any atom is 0.319 e. The third-order valence-electron chi connectivity index (χ3n) is 13.8. The Kier molecular flexibility index (Phi) is 11.0. The SMILES string of the molecule is COCOc1cc(-c2ncc3c(N4CC5CCC(C4)C5O)nc(OC[C@@]45CCCN4C[C@H](F)C5)nc3c2F)c2c(C#C[Si](C(C)C)(C(C)C)C(C)C)cccc2c1. The molecule has 4 atom stereocenters. The number of hydrogen-bond acceptors (Lipinski definition) is 9. The summed E-state index contributed by atoms with van der Waals surface area (Å²) in [5.41, 5.74) is 6.34. The number of ether oxygens (including phenoxy) is 3. The van der Waals surface area contributed by atoms with E-state index in [0.29, 0.717) is 65.2 Å². The van der Waals surface area contributed by atoms with Crippen LogP contribution in [-0.4, -0.2) is 97.5 Å². The average molecular weight is 798 g/mol. The molecular weight excluding hydrogens is 741 g/mol. The number of nitrogens with zero attached hydrogens (tertiary/aromatic N) is 5. The monoisotopic (exact) mass is 797 g/mol. The highest BCUT2D eigenvalue weighted by Gasteiger charge is 2.50. The van der Waals surface area contributed by atoms with Gasteiger partial charge in [0.2, 0.25) is 0 Å². The normalized spacial score (nSPS) is 24.9. The zero-order valence-corrected chi connectivity index (χ0v) is 35.4. The third kappa shape index (κ3) is 7.06. The molecule has 0 spiro atoms. The first-order chi connectivity index (χ1) is 27.3. The van der Waals surface area contributed by atoms with Gasteiger partial charge in [-0.1, -0.05) is 59.6 Å². The van der Waals surface area contributed by atoms with Crippen molar-refractivity contribution in [2.24, 2.45) is 11.8 Å². The van der Waals surface area contributed by atoms with Crippen LogP contribution in [0.4, 0.5) is 14.6 Å². The zero-order chi connectivity index (χ0) is 40.2. The summed E-state index contributed by atoms with van der Waals surface area (Å²) in [6.45, 7) is 16.4. The van der Waals surface area contributed by atoms with Crippen LogP contribution in [0.15, 0.2) is 36.5 Å². The van der Waals surface area contributed by atoms with Gasteiger partial charge in [-0.25, -0.2) is 8.78 Å². The topological polar surface area (TPSA) is 93.1 Å². The second-order valence-corrected chi connectivity index (χ2v) is 23.5. The number of hydrogen-bond donors (Lipinski definition) is 1. The van der Waals surface area contributed by atoms with Gasteiger partial charge in [0.25, 0.3) is 0 Å². The number of piperidine rings is 1. The van der Waals surface area contributed by atoms with Crippen molar-refractivity contribution in [2.75, 3.05) is 51.6 Å². The van der Waals surface area contributed by atoms with E-state index in [1.165, 1.54) is 0 Å². The molecule has 12 heteroatoms. The van der Waals surface area contributed by atoms with Gasteiger partial charge in [-0.15, -0.1) is 5.54 Å². The molecule has 2 aromatic heterocycles. The molecule has 8 rings (SSSR count). The maximum absolute atomic E-state index is 17.6. The van der Waals surface area contributed by atoms with E-state index in [-0.39, 0.29) is 48.6 Å². The summed E-state index contributed by atoms with van der Waals surface area (Å²) in [4.78, 5) is 18.9. The lowest BCUT2D eigenvalue weighted by Crippen LogP contribution is -2.45. The van der Waals surface area contributed by atoms with Gasteiger partial charge in [0.1, 0.15) is 43.6 Å². The Labute approximate surface area is 336 Å². The lowest BCUT2D eigenvalue weighted by Gasteiger charge is -2.38. The van der Waals surface area contributed by atoms with Gasteiger partial charge < -0.3 is 24.2 Å². The van der Waals surface area contributed by atoms with Gasteiger partial charge >= 0.3 is 6.01 Å². The van der Waals surface area contributed by atoms with Crippen LogP contribution in [0.5, 0.6) is 11.8 Å². The summed E-state index contributed by atoms with van der Waals surface area (Å²) in [6, 6.07) is 9.78. The lowest BCUT2D eigenvalue weighted by molar-refractivity contribution is 0.0512. The molecule has 9 nitrogen and oxygen atoms in total. The Bertz CT molecular complexity index is 2170. The Balaban J connectivity index is 1.29. The Morgan fingerprint density at radius 2 is 1.74 bits per heavy atom. The van der Waals surface area contributed by atoms with Gasteiger partial charge in [-0.3, -0.25) is 9.88 Å². The number of benzene rings is 2. The van der Waals surface area contributed by atoms with Crippen LogP contribution in [0.1, 0.15) is 79.2 Å². The quantitative estimate of drug-likeness (QED) is 0.0910. The van der Waals surface area contributed by atoms with Gasteiger partial charge in [0.05, 0.1) is 17.0 Å². The first kappa shape index (κ1) is 39.9. The first-order valence-electron chi connectivity index (χ1n) is 20.9. The summed E-state index contributed by atoms with van der Waals surface area (Å²) in [5.74, 6) is 4.29. The number of rotatable bonds is 11. The molecule has 57 heavy (non-hydrogen) atoms. The molecule has 4 fully saturated rings. The largest absolute Gasteiger partial charge is 0.468 e. The van der Waals surface area contributed by atoms with Crippen LogP contribution in [0.3, 0.4) is 0 Å². The highest BCUT2D eigenvalue weighted by Crippen LogP contribution is 2.45. The molecule has 4 aliphatic rings. The van der Waals surface area contributed by atoms with Gasteiger partial charge in [-0.2, -0.15) is 9.97 Å². The first-order valence-corrected chi connectivity index (χ1v) is 23.1. The van der Waals surface area contributed by atoms with Crippen molar-refractivity contribution in [3.63, 3.8) is 0 Å². The predicted molar refractivity (Wildman–Crippen MR) is 224 cm³/mol. The van der Waals surface area contributed by atoms with Crippen molar-refractivity contribution in [1.29, 1.82) is 0 Å². The molecule has 2 unspecified atom stereocenters. The number of aliphatic hydroxyl groups is 1. The van der Waals surface area contributed by atoms with Gasteiger partial charge in [0.15, 0.2) is 12.6 Å². The summed E-state index contributed by atoms with van der Waals surface area (Å²) >= 11 is 0. The number of halogens is 2. The molecule has 3 saturated heterocycles. The highest BCUT2D eigenvalue weighted by molar-refractivity contribution is 6.90. The minimum atomic E-state index is -2.11. The van der Waals surface area contributed by atoms with Crippen molar-refractivity contribution >= 4 is 35.6 Å². The summed E-state index contributed by atoms with van der Waals surface area (Å²) in [5, 5.41) is 13.0. The molecule has 2 bridgehead atoms. The molecule has 304 valence electrons. The number of fused-ring (bicyclic) bond motifs is 5. The molecule has 1 saturated carbocycles. The molecule has 0 amide bonds. The number of pyridine rings is 1. The van der Waals surface area contributed by atoms with Crippen LogP contribution in [-0.2, 0) is 4.74 Å². The van der Waals surface area contributed by atoms with Crippen molar-refractivity contribution < 1.29 is 28.1 Å². The van der Waals surface area contributed by atoms with E-state index < -0.39 is 25.6 Å². The molecule has 1 N–H and O–H groups in total. The van der Waals surface area contributed by atoms with Crippen molar-refractivity contribution in [3.8, 4) is 34.5 Å². The Morgan fingerprint density at radius 1 is 1.00 bits per heavy atom. The molecule has 4 aromatic rings. The Hall–Kier alpha value is -3.89. The van der Waals surface area contributed by atoms with Crippen LogP contribution in [0.2, 0.25) is 16.6 Å². The fourth-order valence-electron chi connectivity index (χ4n) is 11.0. The zero-order valence-electron chi connectivity index (χ0n) is 34.4. The lowest BCUT2D eigenvalue weighted by atomic mass is 9.94. The maximum atomic E-state index is 17.6. The number of aliphatic hydroxyl groups excluding tert-OH is 1. The minimum absolute atomic E-state index is 0.0231. The number of alkyl halides is 1. The van der Waals surface area contributed by atoms with Crippen molar-refractivity contribution in [3.05, 3.63) is 47.9 Å². The molecule has 5 heterocycles. The second-order valence-electron chi connectivity index (χ2n) is 17.9. The Morgan fingerprint density at radius 3 is 2.44 bits per heavy atom. The number of methoxy groups -OCH3 is 1. The third-order valence-corrected chi connectivity index (χ3v) is 20.1. The highest BCUT2D eigenvalue weighted by atomic mass is 28.3. The summed E-state index contributed by atoms with van der Waals surface area (Å²) in [7, 11) is -0.545. The standard InChI is InChI=1S/C45H57F2N5O4Si/c1-27(2)57(28(3)4,29(5)6)17-14-30-10-8-11-31-18-35(56-26-54-7)19-36(38(30)31)40-39(47)41-37(21-48-40)43(51-22-32-12-13-33(23-51)42(32)53)50-44(49-41)55-25-45-15-9-16-52(45)24-34(46)20-45/h8,10-11,18-19,21,27-29,32-34,42,53H,9,12-13,15-16,20,22-26H2,1-7H3/t32?,33?,34-,42?,45+/m1/s1. The van der Waals surface area contributed by atoms with E-state index in [1.807, 2.05) is 30.3 Å². The van der Waals surface area contributed by atoms with E-state index in [9.17, 15) is 9.50 Å². The van der Waals surface area contributed by atoms with Crippen LogP contribution in [0.25, 0.3) is 32.9 Å². The van der Waals surface area contributed by atoms with E-state index in [4.69, 9.17) is 29.2 Å². The van der Waals surface area contributed by atoms with Crippen molar-refractivity contribution in [2.45, 2.75) is 108 Å². The van der Waals surface area contributed by atoms with Crippen LogP contribution < -0.4 is 14.4 Å². The average Bonchev–Trinajstić information content (AvgIpc) is 3.76. The fourth-order valence-corrected chi connectivity index (χ4v) is 16.3. The van der Waals surface area contributed by atoms with E-state index in [0.717, 1.165) is 48.6 Å². The van der Waals surface area contributed by atoms with Gasteiger partial charge in [-0.05, 0) is 72.4 Å². The van der Waals surface area contributed by atoms with Crippen LogP contribution in [0, 0.1) is 29.1 Å². The molecule has 1 aliphatic carbocycles. The second kappa shape index (κ2) is 15.7. The molecule has 2 aromatic carbocycles. The smallest absolute Gasteiger partial charge is 0.319 e. The summed E-state index contributed by atoms with van der Waals surface area (Å²) in [6.07, 6.45) is 4.48. The minimum Gasteiger partial charge on any atom is -0.468 e. The number of aromatic nitrogens is 3. The summed E-state index contributed by atoms with van der Waals surface area (Å²) < 4.78 is 50.0. The van der Waals surface area contributed by atoms with Crippen LogP contribution >= 0.6 is 0 Å². The number of anilines is 1. The molecule has 0 radical (unpaired) electrons. The van der Waals surface area contributed by atoms with E-state index >= 15 is 4.39 Å². The fraction of sp³-hybridized carbons (Fsp3) is 0.578. The molecular formula is C45H57F2N5O4Si. The molecule has 3 aliphatic heterocycles. The van der Waals surface area contributed by atoms with E-state index in [2.05, 4.69) is 62.8 Å². The predicted octanol–water partition coefficient (Wildman–Crippen LogP) is 8.70. The van der Waals surface area contributed by atoms with Crippen molar-refractivity contribution in [1.82, 2.24) is 19.9 Å².